The Labute approximate surface area is 173 Å². The van der Waals surface area contributed by atoms with Gasteiger partial charge in [-0.25, -0.2) is 8.42 Å². The predicted octanol–water partition coefficient (Wildman–Crippen LogP) is 2.92. The van der Waals surface area contributed by atoms with Crippen LogP contribution in [0.1, 0.15) is 39.9 Å². The van der Waals surface area contributed by atoms with Crippen LogP contribution in [0.5, 0.6) is 0 Å². The Bertz CT molecular complexity index is 965. The average molecular weight is 416 g/mol. The van der Waals surface area contributed by atoms with E-state index in [2.05, 4.69) is 22.3 Å². The van der Waals surface area contributed by atoms with Crippen LogP contribution in [0.25, 0.3) is 0 Å². The molecule has 0 spiro atoms. The zero-order chi connectivity index (χ0) is 21.0. The van der Waals surface area contributed by atoms with Gasteiger partial charge in [0.15, 0.2) is 0 Å². The normalized spacial score (nSPS) is 14.7. The van der Waals surface area contributed by atoms with Crippen molar-refractivity contribution >= 4 is 21.6 Å². The maximum atomic E-state index is 12.7. The van der Waals surface area contributed by atoms with Gasteiger partial charge in [0.25, 0.3) is 5.91 Å². The Morgan fingerprint density at radius 3 is 2.31 bits per heavy atom. The number of hydrogen-bond acceptors (Lipinski definition) is 4. The van der Waals surface area contributed by atoms with Crippen molar-refractivity contribution in [3.05, 3.63) is 64.7 Å². The zero-order valence-corrected chi connectivity index (χ0v) is 18.1. The first-order valence-electron chi connectivity index (χ1n) is 9.87. The zero-order valence-electron chi connectivity index (χ0n) is 17.3. The molecule has 1 fully saturated rings. The first-order valence-corrected chi connectivity index (χ1v) is 11.7. The SMILES string of the molecule is Cc1c(C(=O)NCc2ccc(CN3CCCC3)cc2)cccc1N(C)S(C)(=O)=O. The van der Waals surface area contributed by atoms with Gasteiger partial charge in [-0.2, -0.15) is 0 Å². The van der Waals surface area contributed by atoms with Crippen LogP contribution < -0.4 is 9.62 Å². The number of nitrogens with zero attached hydrogens (tertiary/aromatic N) is 2. The topological polar surface area (TPSA) is 69.7 Å². The van der Waals surface area contributed by atoms with Gasteiger partial charge in [-0.3, -0.25) is 14.0 Å². The summed E-state index contributed by atoms with van der Waals surface area (Å²) in [4.78, 5) is 15.1. The van der Waals surface area contributed by atoms with E-state index in [4.69, 9.17) is 0 Å². The maximum Gasteiger partial charge on any atom is 0.251 e. The van der Waals surface area contributed by atoms with Gasteiger partial charge in [-0.15, -0.1) is 0 Å². The first-order chi connectivity index (χ1) is 13.8. The molecule has 3 rings (SSSR count). The second kappa shape index (κ2) is 8.97. The quantitative estimate of drug-likeness (QED) is 0.755. The van der Waals surface area contributed by atoms with Crippen molar-refractivity contribution in [2.24, 2.45) is 0 Å². The molecule has 1 aliphatic rings. The molecular weight excluding hydrogens is 386 g/mol. The van der Waals surface area contributed by atoms with Crippen LogP contribution in [0.4, 0.5) is 5.69 Å². The van der Waals surface area contributed by atoms with Gasteiger partial charge in [0, 0.05) is 25.7 Å². The Balaban J connectivity index is 1.63. The lowest BCUT2D eigenvalue weighted by atomic mass is 10.1. The number of benzene rings is 2. The molecule has 1 saturated heterocycles. The Kier molecular flexibility index (Phi) is 6.59. The van der Waals surface area contributed by atoms with E-state index in [0.717, 1.165) is 18.4 Å². The van der Waals surface area contributed by atoms with Crippen LogP contribution in [0.15, 0.2) is 42.5 Å². The minimum atomic E-state index is -3.39. The van der Waals surface area contributed by atoms with E-state index in [-0.39, 0.29) is 5.91 Å². The fourth-order valence-electron chi connectivity index (χ4n) is 3.63. The summed E-state index contributed by atoms with van der Waals surface area (Å²) in [6, 6.07) is 13.4. The summed E-state index contributed by atoms with van der Waals surface area (Å²) in [5, 5.41) is 2.94. The summed E-state index contributed by atoms with van der Waals surface area (Å²) in [6.45, 7) is 5.51. The largest absolute Gasteiger partial charge is 0.348 e. The van der Waals surface area contributed by atoms with Crippen molar-refractivity contribution in [2.75, 3.05) is 30.7 Å². The van der Waals surface area contributed by atoms with Gasteiger partial charge in [-0.1, -0.05) is 30.3 Å². The van der Waals surface area contributed by atoms with Gasteiger partial charge in [0.05, 0.1) is 11.9 Å². The second-order valence-electron chi connectivity index (χ2n) is 7.66. The summed E-state index contributed by atoms with van der Waals surface area (Å²) in [5.74, 6) is -0.215. The second-order valence-corrected chi connectivity index (χ2v) is 9.68. The maximum absolute atomic E-state index is 12.7. The summed E-state index contributed by atoms with van der Waals surface area (Å²) in [6.07, 6.45) is 3.71. The molecule has 1 heterocycles. The third-order valence-electron chi connectivity index (χ3n) is 5.47. The lowest BCUT2D eigenvalue weighted by Crippen LogP contribution is -2.28. The van der Waals surface area contributed by atoms with Crippen LogP contribution >= 0.6 is 0 Å². The van der Waals surface area contributed by atoms with Gasteiger partial charge < -0.3 is 5.32 Å². The molecular formula is C22H29N3O3S. The number of rotatable bonds is 7. The highest BCUT2D eigenvalue weighted by Gasteiger charge is 2.18. The number of nitrogens with one attached hydrogen (secondary N) is 1. The van der Waals surface area contributed by atoms with Crippen molar-refractivity contribution in [3.8, 4) is 0 Å². The molecule has 2 aromatic carbocycles. The minimum Gasteiger partial charge on any atom is -0.348 e. The molecule has 1 aliphatic heterocycles. The van der Waals surface area contributed by atoms with Crippen molar-refractivity contribution < 1.29 is 13.2 Å². The number of anilines is 1. The molecule has 0 aromatic heterocycles. The molecule has 0 aliphatic carbocycles. The predicted molar refractivity (Wildman–Crippen MR) is 117 cm³/mol. The van der Waals surface area contributed by atoms with E-state index in [9.17, 15) is 13.2 Å². The van der Waals surface area contributed by atoms with Gasteiger partial charge >= 0.3 is 0 Å². The molecule has 1 N–H and O–H groups in total. The molecule has 0 atom stereocenters. The van der Waals surface area contributed by atoms with Crippen LogP contribution in [-0.4, -0.2) is 45.6 Å². The van der Waals surface area contributed by atoms with E-state index >= 15 is 0 Å². The Hall–Kier alpha value is -2.38. The minimum absolute atomic E-state index is 0.215. The molecule has 0 radical (unpaired) electrons. The van der Waals surface area contributed by atoms with E-state index in [1.165, 1.54) is 42.8 Å². The summed E-state index contributed by atoms with van der Waals surface area (Å²) >= 11 is 0. The van der Waals surface area contributed by atoms with Crippen LogP contribution in [0.3, 0.4) is 0 Å². The molecule has 156 valence electrons. The summed E-state index contributed by atoms with van der Waals surface area (Å²) in [5.41, 5.74) is 3.94. The number of sulfonamides is 1. The van der Waals surface area contributed by atoms with Crippen LogP contribution in [-0.2, 0) is 23.1 Å². The van der Waals surface area contributed by atoms with E-state index < -0.39 is 10.0 Å². The number of amides is 1. The lowest BCUT2D eigenvalue weighted by molar-refractivity contribution is 0.0950. The van der Waals surface area contributed by atoms with Crippen molar-refractivity contribution in [1.29, 1.82) is 0 Å². The third kappa shape index (κ3) is 5.36. The van der Waals surface area contributed by atoms with E-state index in [1.807, 2.05) is 12.1 Å². The average Bonchev–Trinajstić information content (AvgIpc) is 3.19. The number of carbonyl (C=O) groups excluding carboxylic acids is 1. The standard InChI is InChI=1S/C22H29N3O3S/c1-17-20(7-6-8-21(17)24(2)29(3,27)28)22(26)23-15-18-9-11-19(12-10-18)16-25-13-4-5-14-25/h6-12H,4-5,13-16H2,1-3H3,(H,23,26). The van der Waals surface area contributed by atoms with Crippen molar-refractivity contribution in [1.82, 2.24) is 10.2 Å². The first kappa shape index (κ1) is 21.3. The number of likely N-dealkylation sites (tertiary alicyclic amines) is 1. The van der Waals surface area contributed by atoms with E-state index in [0.29, 0.717) is 23.4 Å². The highest BCUT2D eigenvalue weighted by Crippen LogP contribution is 2.24. The monoisotopic (exact) mass is 415 g/mol. The van der Waals surface area contributed by atoms with Gasteiger partial charge in [-0.05, 0) is 61.7 Å². The van der Waals surface area contributed by atoms with Gasteiger partial charge in [0.2, 0.25) is 10.0 Å². The Morgan fingerprint density at radius 2 is 1.69 bits per heavy atom. The Morgan fingerprint density at radius 1 is 1.07 bits per heavy atom. The van der Waals surface area contributed by atoms with Crippen LogP contribution in [0.2, 0.25) is 0 Å². The smallest absolute Gasteiger partial charge is 0.251 e. The number of carbonyl (C=O) groups is 1. The number of hydrogen-bond donors (Lipinski definition) is 1. The molecule has 29 heavy (non-hydrogen) atoms. The molecule has 1 amide bonds. The van der Waals surface area contributed by atoms with Gasteiger partial charge in [0.1, 0.15) is 0 Å². The fraction of sp³-hybridized carbons (Fsp3) is 0.409. The fourth-order valence-corrected chi connectivity index (χ4v) is 4.18. The van der Waals surface area contributed by atoms with Crippen LogP contribution in [0, 0.1) is 6.92 Å². The molecule has 0 unspecified atom stereocenters. The summed E-state index contributed by atoms with van der Waals surface area (Å²) in [7, 11) is -1.90. The highest BCUT2D eigenvalue weighted by molar-refractivity contribution is 7.92. The molecule has 2 aromatic rings. The lowest BCUT2D eigenvalue weighted by Gasteiger charge is -2.20. The third-order valence-corrected chi connectivity index (χ3v) is 6.66. The highest BCUT2D eigenvalue weighted by atomic mass is 32.2. The molecule has 7 heteroatoms. The van der Waals surface area contributed by atoms with E-state index in [1.54, 1.807) is 25.1 Å². The molecule has 0 bridgehead atoms. The molecule has 6 nitrogen and oxygen atoms in total. The summed E-state index contributed by atoms with van der Waals surface area (Å²) < 4.78 is 24.9. The van der Waals surface area contributed by atoms with Crippen molar-refractivity contribution in [3.63, 3.8) is 0 Å². The van der Waals surface area contributed by atoms with Crippen molar-refractivity contribution in [2.45, 2.75) is 32.9 Å². The molecule has 0 saturated carbocycles.